The Kier molecular flexibility index (Phi) is 35.6. The number of nitrogens with one attached hydrogen (secondary N) is 5. The van der Waals surface area contributed by atoms with Gasteiger partial charge in [0.2, 0.25) is 0 Å². The van der Waals surface area contributed by atoms with E-state index in [1.54, 1.807) is 51.4 Å². The number of ether oxygens (including phenoxy) is 4. The fraction of sp³-hybridized carbons (Fsp3) is 0.264. The summed E-state index contributed by atoms with van der Waals surface area (Å²) in [5, 5.41) is 45.8. The number of nitrogens with two attached hydrogens (primary N) is 1. The Morgan fingerprint density at radius 3 is 1.38 bits per heavy atom. The van der Waals surface area contributed by atoms with Gasteiger partial charge in [-0.05, 0) is 137 Å². The Morgan fingerprint density at radius 1 is 0.566 bits per heavy atom. The first-order valence-electron chi connectivity index (χ1n) is 36.9. The van der Waals surface area contributed by atoms with Gasteiger partial charge in [-0.3, -0.25) is 35.7 Å². The van der Waals surface area contributed by atoms with E-state index in [1.807, 2.05) is 179 Å². The number of hydrazine groups is 1. The van der Waals surface area contributed by atoms with Crippen LogP contribution < -0.4 is 22.0 Å². The summed E-state index contributed by atoms with van der Waals surface area (Å²) in [6.45, 7) is 25.5. The van der Waals surface area contributed by atoms with Gasteiger partial charge in [-0.25, -0.2) is 14.4 Å². The van der Waals surface area contributed by atoms with Gasteiger partial charge in [-0.2, -0.15) is 20.4 Å². The molecule has 13 aromatic rings. The maximum absolute atomic E-state index is 12.7. The highest BCUT2D eigenvalue weighted by Crippen LogP contribution is 2.34. The van der Waals surface area contributed by atoms with Crippen molar-refractivity contribution in [1.29, 1.82) is 0 Å². The molecular formula is C91H106N12O10. The van der Waals surface area contributed by atoms with E-state index < -0.39 is 11.9 Å². The number of nitrogens with zero attached hydrogens (tertiary/aromatic N) is 6. The van der Waals surface area contributed by atoms with Crippen molar-refractivity contribution < 1.29 is 48.0 Å². The van der Waals surface area contributed by atoms with Crippen molar-refractivity contribution >= 4 is 90.2 Å². The van der Waals surface area contributed by atoms with E-state index >= 15 is 0 Å². The molecule has 13 rings (SSSR count). The van der Waals surface area contributed by atoms with Crippen molar-refractivity contribution in [2.24, 2.45) is 10.9 Å². The summed E-state index contributed by atoms with van der Waals surface area (Å²) in [4.78, 5) is 58.4. The monoisotopic (exact) mass is 1530 g/mol. The molecular weight excluding hydrogens is 1420 g/mol. The maximum Gasteiger partial charge on any atom is 0.384 e. The molecule has 0 fully saturated rings. The maximum atomic E-state index is 12.7. The number of carbonyl (C=O) groups is 5. The minimum Gasteiger partial charge on any atom is -0.478 e. The lowest BCUT2D eigenvalue weighted by molar-refractivity contribution is -0.136. The Morgan fingerprint density at radius 2 is 0.973 bits per heavy atom. The fourth-order valence-electron chi connectivity index (χ4n) is 10.8. The number of aromatic nitrogens is 6. The van der Waals surface area contributed by atoms with Gasteiger partial charge in [0.15, 0.2) is 6.29 Å². The molecule has 22 nitrogen and oxygen atoms in total. The third-order valence-corrected chi connectivity index (χ3v) is 16.5. The first kappa shape index (κ1) is 89.4. The van der Waals surface area contributed by atoms with Gasteiger partial charge in [0.25, 0.3) is 5.91 Å². The van der Waals surface area contributed by atoms with Crippen LogP contribution in [0.15, 0.2) is 236 Å². The van der Waals surface area contributed by atoms with Crippen LogP contribution in [0, 0.1) is 12.3 Å². The minimum absolute atomic E-state index is 0.00108. The molecule has 22 heteroatoms. The summed E-state index contributed by atoms with van der Waals surface area (Å²) in [5.74, 6) is 4.88. The number of H-pyrrole nitrogens is 2. The number of methoxy groups -OCH3 is 2. The number of fused-ring (bicyclic) bond motifs is 5. The Bertz CT molecular complexity index is 5240. The average Bonchev–Trinajstić information content (AvgIpc) is 1.76. The molecule has 3 heterocycles. The molecule has 113 heavy (non-hydrogen) atoms. The fourth-order valence-corrected chi connectivity index (χ4v) is 10.8. The number of terminal acetylenes is 1. The minimum atomic E-state index is -0.980. The molecule has 3 aromatic heterocycles. The average molecular weight is 1530 g/mol. The zero-order valence-electron chi connectivity index (χ0n) is 67.3. The standard InChI is InChI=1S/C20H22N2O2.C18H19N3O2.C15H18N2.C14H10N2O2.C11H8O.C5H6O2.C4H12N2.C4H11NO/c1-5-24-19(23)17-13-22(20(2,3)4)21-18(17)16-12-8-10-14-9-6-7-11-15(14)16;1-21(10-11-23-2)18(22)16-12-19-20-17(16)15-9-5-7-13-6-3-4-8-14(13)15;1-15(2,3)17-16-11-13-9-6-8-12-7-4-5-10-14(12)13;17-14(18)12-8-15-16-13(12)11-7-3-5-9-4-1-2-6-10(9)11;12-8-10-6-3-5-9-4-1-2-7-11(9)10;1-3-5(6)7-4-2;1-4(2,3)6-5;1-5-3-4-6-2/h6-13H,5H2,1-4H3;3-9,12H,10-11H2,1-2H3,(H,19,20);4-11,17H,1-3H3;1-8H,(H,15,16)(H,17,18);1-8H;1H,4H2,2H3;6H,5H2,1-3H3;5H,3-4H2,1-2H3/b;;16-11+;;;;;. The highest BCUT2D eigenvalue weighted by atomic mass is 16.5. The molecule has 0 aliphatic heterocycles. The third kappa shape index (κ3) is 27.5. The molecule has 0 spiro atoms. The summed E-state index contributed by atoms with van der Waals surface area (Å²) >= 11 is 0. The molecule has 0 aliphatic rings. The predicted molar refractivity (Wildman–Crippen MR) is 457 cm³/mol. The third-order valence-electron chi connectivity index (χ3n) is 16.5. The summed E-state index contributed by atoms with van der Waals surface area (Å²) in [7, 11) is 6.98. The number of carboxylic acid groups (broad SMARTS) is 1. The molecule has 590 valence electrons. The first-order chi connectivity index (χ1) is 54.2. The van der Waals surface area contributed by atoms with Crippen LogP contribution in [0.3, 0.4) is 0 Å². The van der Waals surface area contributed by atoms with E-state index in [0.717, 1.165) is 96.0 Å². The lowest BCUT2D eigenvalue weighted by Gasteiger charge is -2.18. The largest absolute Gasteiger partial charge is 0.478 e. The van der Waals surface area contributed by atoms with Gasteiger partial charge in [0, 0.05) is 85.4 Å². The van der Waals surface area contributed by atoms with Crippen LogP contribution in [0.2, 0.25) is 0 Å². The van der Waals surface area contributed by atoms with Gasteiger partial charge >= 0.3 is 17.9 Å². The molecule has 0 aliphatic carbocycles. The zero-order chi connectivity index (χ0) is 82.5. The molecule has 0 atom stereocenters. The Hall–Kier alpha value is -12.5. The molecule has 0 saturated heterocycles. The van der Waals surface area contributed by atoms with Crippen LogP contribution >= 0.6 is 0 Å². The molecule has 0 unspecified atom stereocenters. The smallest absolute Gasteiger partial charge is 0.384 e. The van der Waals surface area contributed by atoms with E-state index in [4.69, 9.17) is 30.3 Å². The second-order valence-corrected chi connectivity index (χ2v) is 28.4. The van der Waals surface area contributed by atoms with Crippen molar-refractivity contribution in [1.82, 2.24) is 51.2 Å². The van der Waals surface area contributed by atoms with Gasteiger partial charge in [-0.1, -0.05) is 212 Å². The van der Waals surface area contributed by atoms with Gasteiger partial charge in [-0.15, -0.1) is 6.42 Å². The molecule has 1 amide bonds. The van der Waals surface area contributed by atoms with Crippen LogP contribution in [-0.4, -0.2) is 155 Å². The number of hydrazone groups is 1. The highest BCUT2D eigenvalue weighted by Gasteiger charge is 2.25. The molecule has 10 aromatic carbocycles. The van der Waals surface area contributed by atoms with E-state index in [1.165, 1.54) is 17.0 Å². The SMILES string of the molecule is C#CC(=O)OCC.CC(C)(C)N/N=C/c1cccc2ccccc12.CC(C)(C)NN.CCOC(=O)c1cn(C(C)(C)C)nc1-c1cccc2ccccc12.CNCCOC.COCCN(C)C(=O)c1cn[nH]c1-c1cccc2ccccc12.O=C(O)c1cn[nH]c1-c1cccc2ccccc12.O=Cc1cccc2ccccc12. The van der Waals surface area contributed by atoms with Crippen molar-refractivity contribution in [3.05, 3.63) is 259 Å². The van der Waals surface area contributed by atoms with E-state index in [2.05, 4.69) is 173 Å². The van der Waals surface area contributed by atoms with Crippen LogP contribution in [-0.2, 0) is 29.3 Å². The topological polar surface area (TPSA) is 295 Å². The highest BCUT2D eigenvalue weighted by molar-refractivity contribution is 6.06. The second-order valence-electron chi connectivity index (χ2n) is 28.4. The number of likely N-dealkylation sites (N-methyl/N-ethyl adjacent to an activating group) is 2. The number of carbonyl (C=O) groups excluding carboxylic acids is 4. The Labute approximate surface area is 662 Å². The number of hydrogen-bond donors (Lipinski definition) is 7. The normalized spacial score (nSPS) is 10.8. The summed E-state index contributed by atoms with van der Waals surface area (Å²) < 4.78 is 21.1. The number of esters is 2. The lowest BCUT2D eigenvalue weighted by atomic mass is 10.00. The van der Waals surface area contributed by atoms with Crippen molar-refractivity contribution in [2.45, 2.75) is 92.8 Å². The number of carboxylic acids is 1. The van der Waals surface area contributed by atoms with E-state index in [9.17, 15) is 24.0 Å². The molecule has 0 bridgehead atoms. The summed E-state index contributed by atoms with van der Waals surface area (Å²) in [5.41, 5.74) is 13.4. The van der Waals surface area contributed by atoms with Gasteiger partial charge < -0.3 is 39.7 Å². The van der Waals surface area contributed by atoms with Crippen LogP contribution in [0.4, 0.5) is 0 Å². The first-order valence-corrected chi connectivity index (χ1v) is 36.9. The van der Waals surface area contributed by atoms with Gasteiger partial charge in [0.05, 0.1) is 67.5 Å². The van der Waals surface area contributed by atoms with Crippen molar-refractivity contribution in [3.8, 4) is 46.1 Å². The lowest BCUT2D eigenvalue weighted by Crippen LogP contribution is -2.41. The molecule has 8 N–H and O–H groups in total. The quantitative estimate of drug-likeness (QED) is 0.00651. The Balaban J connectivity index is 0.000000210. The van der Waals surface area contributed by atoms with Crippen LogP contribution in [0.25, 0.3) is 87.6 Å². The van der Waals surface area contributed by atoms with Crippen molar-refractivity contribution in [3.63, 3.8) is 0 Å². The number of benzene rings is 10. The molecule has 0 radical (unpaired) electrons. The summed E-state index contributed by atoms with van der Waals surface area (Å²) in [6.07, 6.45) is 12.1. The van der Waals surface area contributed by atoms with Crippen LogP contribution in [0.5, 0.6) is 0 Å². The van der Waals surface area contributed by atoms with E-state index in [0.29, 0.717) is 48.9 Å². The number of aromatic amines is 2. The number of rotatable bonds is 17. The summed E-state index contributed by atoms with van der Waals surface area (Å²) in [6, 6.07) is 70.1. The second kappa shape index (κ2) is 45.0. The number of hydrogen-bond acceptors (Lipinski definition) is 17. The van der Waals surface area contributed by atoms with Crippen molar-refractivity contribution in [2.75, 3.05) is 67.8 Å². The number of aromatic carboxylic acids is 1. The number of amides is 1. The number of aldehydes is 1. The van der Waals surface area contributed by atoms with Crippen LogP contribution in [0.1, 0.15) is 123 Å². The zero-order valence-corrected chi connectivity index (χ0v) is 67.3. The molecule has 0 saturated carbocycles. The van der Waals surface area contributed by atoms with Gasteiger partial charge in [0.1, 0.15) is 16.8 Å². The predicted octanol–water partition coefficient (Wildman–Crippen LogP) is 17.0. The van der Waals surface area contributed by atoms with E-state index in [-0.39, 0.29) is 34.1 Å².